The van der Waals surface area contributed by atoms with E-state index in [4.69, 9.17) is 20.2 Å². The highest BCUT2D eigenvalue weighted by molar-refractivity contribution is 5.88. The summed E-state index contributed by atoms with van der Waals surface area (Å²) in [4.78, 5) is 43.0. The van der Waals surface area contributed by atoms with Crippen LogP contribution in [0.1, 0.15) is 58.2 Å². The molecule has 2 aliphatic rings. The second kappa shape index (κ2) is 10.5. The molecule has 0 radical (unpaired) electrons. The molecular weight excluding hydrogens is 424 g/mol. The molecule has 0 unspecified atom stereocenters. The third-order valence-corrected chi connectivity index (χ3v) is 5.90. The number of aromatic nitrogens is 1. The topological polar surface area (TPSA) is 124 Å². The zero-order valence-electron chi connectivity index (χ0n) is 20.1. The molecule has 1 atom stereocenters. The van der Waals surface area contributed by atoms with Gasteiger partial charge in [-0.3, -0.25) is 14.5 Å². The molecular formula is C24H36N4O5. The standard InChI is InChI=1S/C24H36N4O5/c1-5-32-22(30)19(25)14-26-21(29)17-11-15(12-17)13-18-9-8-16-7-6-10-28(20(16)27-18)23(31)33-24(2,3)4/h8-9,15,17,19H,5-7,10-14,25H2,1-4H3,(H,26,29)/t15?,17?,19-/m0/s1. The van der Waals surface area contributed by atoms with Crippen LogP contribution < -0.4 is 16.0 Å². The summed E-state index contributed by atoms with van der Waals surface area (Å²) >= 11 is 0. The third-order valence-electron chi connectivity index (χ3n) is 5.90. The fraction of sp³-hybridized carbons (Fsp3) is 0.667. The second-order valence-electron chi connectivity index (χ2n) is 9.86. The minimum Gasteiger partial charge on any atom is -0.465 e. The van der Waals surface area contributed by atoms with E-state index in [1.54, 1.807) is 11.8 Å². The summed E-state index contributed by atoms with van der Waals surface area (Å²) < 4.78 is 10.4. The van der Waals surface area contributed by atoms with Crippen LogP contribution in [0.25, 0.3) is 0 Å². The average Bonchev–Trinajstić information content (AvgIpc) is 2.72. The first-order valence-electron chi connectivity index (χ1n) is 11.8. The van der Waals surface area contributed by atoms with Crippen LogP contribution in [-0.2, 0) is 31.9 Å². The van der Waals surface area contributed by atoms with E-state index >= 15 is 0 Å². The molecule has 3 N–H and O–H groups in total. The first-order chi connectivity index (χ1) is 15.6. The van der Waals surface area contributed by atoms with E-state index < -0.39 is 17.6 Å². The number of fused-ring (bicyclic) bond motifs is 1. The maximum Gasteiger partial charge on any atom is 0.416 e. The monoisotopic (exact) mass is 460 g/mol. The second-order valence-corrected chi connectivity index (χ2v) is 9.86. The Morgan fingerprint density at radius 1 is 1.27 bits per heavy atom. The molecule has 1 aromatic rings. The minimum absolute atomic E-state index is 0.0751. The molecule has 1 saturated carbocycles. The summed E-state index contributed by atoms with van der Waals surface area (Å²) in [6, 6.07) is 3.22. The lowest BCUT2D eigenvalue weighted by atomic mass is 9.72. The van der Waals surface area contributed by atoms with Gasteiger partial charge >= 0.3 is 12.1 Å². The number of nitrogens with zero attached hydrogens (tertiary/aromatic N) is 2. The van der Waals surface area contributed by atoms with Crippen molar-refractivity contribution in [1.29, 1.82) is 0 Å². The predicted octanol–water partition coefficient (Wildman–Crippen LogP) is 2.34. The van der Waals surface area contributed by atoms with Gasteiger partial charge in [-0.1, -0.05) is 6.07 Å². The van der Waals surface area contributed by atoms with Gasteiger partial charge in [-0.05, 0) is 77.3 Å². The molecule has 0 saturated heterocycles. The van der Waals surface area contributed by atoms with Gasteiger partial charge in [0.25, 0.3) is 0 Å². The van der Waals surface area contributed by atoms with Crippen LogP contribution in [0.4, 0.5) is 10.6 Å². The molecule has 1 aliphatic heterocycles. The number of anilines is 1. The molecule has 1 aliphatic carbocycles. The van der Waals surface area contributed by atoms with Crippen molar-refractivity contribution in [2.24, 2.45) is 17.6 Å². The van der Waals surface area contributed by atoms with Crippen LogP contribution in [0.5, 0.6) is 0 Å². The van der Waals surface area contributed by atoms with Crippen molar-refractivity contribution >= 4 is 23.8 Å². The molecule has 1 fully saturated rings. The van der Waals surface area contributed by atoms with Crippen LogP contribution >= 0.6 is 0 Å². The number of ether oxygens (including phenoxy) is 2. The Hall–Kier alpha value is -2.68. The number of amides is 2. The maximum atomic E-state index is 12.7. The van der Waals surface area contributed by atoms with Crippen LogP contribution in [0.3, 0.4) is 0 Å². The molecule has 182 valence electrons. The number of carbonyl (C=O) groups excluding carboxylic acids is 3. The summed E-state index contributed by atoms with van der Waals surface area (Å²) in [6.45, 7) is 8.21. The molecule has 3 rings (SSSR count). The van der Waals surface area contributed by atoms with Crippen LogP contribution in [0.2, 0.25) is 0 Å². The molecule has 2 amide bonds. The highest BCUT2D eigenvalue weighted by Gasteiger charge is 2.35. The summed E-state index contributed by atoms with van der Waals surface area (Å²) in [5, 5.41) is 2.75. The molecule has 9 nitrogen and oxygen atoms in total. The Bertz CT molecular complexity index is 876. The van der Waals surface area contributed by atoms with Crippen molar-refractivity contribution in [3.05, 3.63) is 23.4 Å². The van der Waals surface area contributed by atoms with Crippen LogP contribution in [-0.4, -0.2) is 54.3 Å². The predicted molar refractivity (Wildman–Crippen MR) is 124 cm³/mol. The van der Waals surface area contributed by atoms with Crippen molar-refractivity contribution in [3.8, 4) is 0 Å². The van der Waals surface area contributed by atoms with E-state index in [2.05, 4.69) is 5.32 Å². The molecule has 0 bridgehead atoms. The molecule has 2 heterocycles. The van der Waals surface area contributed by atoms with Gasteiger partial charge in [0.1, 0.15) is 17.5 Å². The normalized spacial score (nSPS) is 20.8. The van der Waals surface area contributed by atoms with E-state index in [1.807, 2.05) is 32.9 Å². The van der Waals surface area contributed by atoms with E-state index in [-0.39, 0.29) is 31.1 Å². The highest BCUT2D eigenvalue weighted by atomic mass is 16.6. The van der Waals surface area contributed by atoms with Gasteiger partial charge < -0.3 is 20.5 Å². The Morgan fingerprint density at radius 2 is 2.00 bits per heavy atom. The van der Waals surface area contributed by atoms with Gasteiger partial charge in [-0.2, -0.15) is 0 Å². The van der Waals surface area contributed by atoms with Gasteiger partial charge in [0.05, 0.1) is 6.61 Å². The van der Waals surface area contributed by atoms with Crippen molar-refractivity contribution in [2.45, 2.75) is 71.4 Å². The largest absolute Gasteiger partial charge is 0.465 e. The molecule has 1 aromatic heterocycles. The highest BCUT2D eigenvalue weighted by Crippen LogP contribution is 2.37. The van der Waals surface area contributed by atoms with E-state index in [9.17, 15) is 14.4 Å². The van der Waals surface area contributed by atoms with Crippen molar-refractivity contribution in [3.63, 3.8) is 0 Å². The number of hydrogen-bond acceptors (Lipinski definition) is 7. The fourth-order valence-corrected chi connectivity index (χ4v) is 4.19. The van der Waals surface area contributed by atoms with E-state index in [0.717, 1.165) is 43.4 Å². The number of nitrogens with two attached hydrogens (primary N) is 1. The summed E-state index contributed by atoms with van der Waals surface area (Å²) in [5.74, 6) is 0.363. The van der Waals surface area contributed by atoms with Gasteiger partial charge in [-0.25, -0.2) is 9.78 Å². The molecule has 0 aromatic carbocycles. The first-order valence-corrected chi connectivity index (χ1v) is 11.8. The smallest absolute Gasteiger partial charge is 0.416 e. The Morgan fingerprint density at radius 3 is 2.67 bits per heavy atom. The lowest BCUT2D eigenvalue weighted by Crippen LogP contribution is -2.47. The van der Waals surface area contributed by atoms with Crippen molar-refractivity contribution < 1.29 is 23.9 Å². The summed E-state index contributed by atoms with van der Waals surface area (Å²) in [5.41, 5.74) is 7.14. The SMILES string of the molecule is CCOC(=O)[C@@H](N)CNC(=O)C1CC(Cc2ccc3c(n2)N(C(=O)OC(C)(C)C)CCC3)C1. The van der Waals surface area contributed by atoms with Gasteiger partial charge in [0, 0.05) is 24.7 Å². The first kappa shape index (κ1) is 25.0. The number of rotatable bonds is 7. The lowest BCUT2D eigenvalue weighted by molar-refractivity contribution is -0.144. The Kier molecular flexibility index (Phi) is 7.94. The molecule has 0 spiro atoms. The van der Waals surface area contributed by atoms with Gasteiger partial charge in [-0.15, -0.1) is 0 Å². The number of carbonyl (C=O) groups is 3. The maximum absolute atomic E-state index is 12.7. The van der Waals surface area contributed by atoms with Crippen LogP contribution in [0, 0.1) is 11.8 Å². The number of esters is 1. The van der Waals surface area contributed by atoms with Crippen molar-refractivity contribution in [2.75, 3.05) is 24.6 Å². The molecule has 9 heteroatoms. The fourth-order valence-electron chi connectivity index (χ4n) is 4.19. The average molecular weight is 461 g/mol. The number of nitrogens with one attached hydrogen (secondary N) is 1. The van der Waals surface area contributed by atoms with E-state index in [0.29, 0.717) is 18.3 Å². The van der Waals surface area contributed by atoms with Gasteiger partial charge in [0.15, 0.2) is 0 Å². The lowest BCUT2D eigenvalue weighted by Gasteiger charge is -2.35. The molecule has 33 heavy (non-hydrogen) atoms. The zero-order chi connectivity index (χ0) is 24.2. The Balaban J connectivity index is 1.52. The number of aryl methyl sites for hydroxylation is 1. The minimum atomic E-state index is -0.850. The Labute approximate surface area is 195 Å². The summed E-state index contributed by atoms with van der Waals surface area (Å²) in [6.07, 6.45) is 3.68. The van der Waals surface area contributed by atoms with Crippen LogP contribution in [0.15, 0.2) is 12.1 Å². The summed E-state index contributed by atoms with van der Waals surface area (Å²) in [7, 11) is 0. The number of pyridine rings is 1. The number of hydrogen-bond donors (Lipinski definition) is 2. The quantitative estimate of drug-likeness (QED) is 0.599. The zero-order valence-corrected chi connectivity index (χ0v) is 20.1. The van der Waals surface area contributed by atoms with Gasteiger partial charge in [0.2, 0.25) is 5.91 Å². The van der Waals surface area contributed by atoms with Crippen molar-refractivity contribution in [1.82, 2.24) is 10.3 Å². The van der Waals surface area contributed by atoms with E-state index in [1.165, 1.54) is 0 Å². The third kappa shape index (κ3) is 6.66.